The smallest absolute Gasteiger partial charge is 0.0872 e. The minimum Gasteiger partial charge on any atom is -0.252 e. The molecular weight excluding hydrogens is 279 g/mol. The molecule has 0 radical (unpaired) electrons. The van der Waals surface area contributed by atoms with Crippen molar-refractivity contribution in [3.05, 3.63) is 11.4 Å². The van der Waals surface area contributed by atoms with E-state index in [1.165, 1.54) is 24.4 Å². The normalized spacial score (nSPS) is 19.2. The summed E-state index contributed by atoms with van der Waals surface area (Å²) in [6.07, 6.45) is 3.35. The molecule has 1 aromatic heterocycles. The molecule has 1 aromatic rings. The third-order valence-electron chi connectivity index (χ3n) is 2.43. The summed E-state index contributed by atoms with van der Waals surface area (Å²) < 4.78 is 4.24. The van der Waals surface area contributed by atoms with Crippen LogP contribution in [0.5, 0.6) is 0 Å². The molecule has 72 valence electrons. The number of hydrogen-bond acceptors (Lipinski definition) is 3. The van der Waals surface area contributed by atoms with Crippen LogP contribution in [-0.2, 0) is 19.9 Å². The monoisotopic (exact) mass is 292 g/mol. The van der Waals surface area contributed by atoms with E-state index in [-0.39, 0.29) is 0 Å². The lowest BCUT2D eigenvalue weighted by Gasteiger charge is -2.16. The Hall–Kier alpha value is -0.170. The Morgan fingerprint density at radius 3 is 3.00 bits per heavy atom. The van der Waals surface area contributed by atoms with Gasteiger partial charge >= 0.3 is 0 Å². The minimum atomic E-state index is 1.03. The zero-order valence-electron chi connectivity index (χ0n) is 7.70. The van der Waals surface area contributed by atoms with Gasteiger partial charge in [0.05, 0.1) is 11.4 Å². The van der Waals surface area contributed by atoms with Gasteiger partial charge in [0.25, 0.3) is 0 Å². The van der Waals surface area contributed by atoms with E-state index in [0.29, 0.717) is 0 Å². The average molecular weight is 292 g/mol. The lowest BCUT2D eigenvalue weighted by atomic mass is 10.1. The minimum absolute atomic E-state index is 1.03. The Morgan fingerprint density at radius 2 is 2.15 bits per heavy atom. The largest absolute Gasteiger partial charge is 0.252 e. The Morgan fingerprint density at radius 1 is 1.31 bits per heavy atom. The fourth-order valence-corrected chi connectivity index (χ4v) is 2.26. The van der Waals surface area contributed by atoms with Gasteiger partial charge in [-0.2, -0.15) is 0 Å². The van der Waals surface area contributed by atoms with Crippen LogP contribution in [0.15, 0.2) is 0 Å². The highest BCUT2D eigenvalue weighted by Gasteiger charge is 2.14. The Bertz CT molecular complexity index is 296. The van der Waals surface area contributed by atoms with Crippen LogP contribution in [0, 0.1) is 0 Å². The molecule has 2 heterocycles. The predicted molar refractivity (Wildman–Crippen MR) is 58.6 cm³/mol. The summed E-state index contributed by atoms with van der Waals surface area (Å²) >= 11 is 2.38. The molecule has 0 bridgehead atoms. The van der Waals surface area contributed by atoms with Crippen molar-refractivity contribution in [1.29, 1.82) is 0 Å². The molecule has 0 aliphatic carbocycles. The number of aryl methyl sites for hydroxylation is 1. The lowest BCUT2D eigenvalue weighted by molar-refractivity contribution is 0.478. The number of hydrogen-bond donors (Lipinski definition) is 0. The number of fused-ring (bicyclic) bond motifs is 1. The quantitative estimate of drug-likeness (QED) is 0.527. The second-order valence-electron chi connectivity index (χ2n) is 3.37. The van der Waals surface area contributed by atoms with Crippen molar-refractivity contribution in [2.75, 3.05) is 13.1 Å². The standard InChI is InChI=1S/C8H13IN4/c1-12-8-3-2-5-13(9)6-4-7(8)10-11-12/h2-6H2,1H3. The van der Waals surface area contributed by atoms with Gasteiger partial charge in [-0.25, -0.2) is 3.11 Å². The number of rotatable bonds is 0. The highest BCUT2D eigenvalue weighted by molar-refractivity contribution is 14.1. The van der Waals surface area contributed by atoms with Crippen LogP contribution in [0.25, 0.3) is 0 Å². The molecule has 5 heteroatoms. The van der Waals surface area contributed by atoms with Crippen LogP contribution < -0.4 is 0 Å². The van der Waals surface area contributed by atoms with Gasteiger partial charge in [-0.15, -0.1) is 5.10 Å². The van der Waals surface area contributed by atoms with E-state index in [1.54, 1.807) is 0 Å². The van der Waals surface area contributed by atoms with Crippen molar-refractivity contribution < 1.29 is 0 Å². The van der Waals surface area contributed by atoms with Crippen molar-refractivity contribution in [2.45, 2.75) is 19.3 Å². The van der Waals surface area contributed by atoms with Crippen molar-refractivity contribution in [3.63, 3.8) is 0 Å². The molecule has 4 nitrogen and oxygen atoms in total. The van der Waals surface area contributed by atoms with Crippen LogP contribution in [0.1, 0.15) is 17.8 Å². The maximum Gasteiger partial charge on any atom is 0.0872 e. The second-order valence-corrected chi connectivity index (χ2v) is 4.73. The molecule has 0 saturated carbocycles. The third kappa shape index (κ3) is 2.01. The van der Waals surface area contributed by atoms with Gasteiger partial charge in [-0.05, 0) is 12.8 Å². The van der Waals surface area contributed by atoms with Gasteiger partial charge in [0, 0.05) is 49.4 Å². The maximum absolute atomic E-state index is 4.18. The Balaban J connectivity index is 2.21. The molecule has 1 aliphatic rings. The Kier molecular flexibility index (Phi) is 2.83. The first-order valence-corrected chi connectivity index (χ1v) is 5.52. The molecule has 2 rings (SSSR count). The third-order valence-corrected chi connectivity index (χ3v) is 3.39. The summed E-state index contributed by atoms with van der Waals surface area (Å²) in [4.78, 5) is 0. The van der Waals surface area contributed by atoms with Crippen molar-refractivity contribution in [1.82, 2.24) is 18.1 Å². The van der Waals surface area contributed by atoms with E-state index >= 15 is 0 Å². The topological polar surface area (TPSA) is 34.0 Å². The summed E-state index contributed by atoms with van der Waals surface area (Å²) in [5.41, 5.74) is 2.51. The maximum atomic E-state index is 4.18. The van der Waals surface area contributed by atoms with Crippen LogP contribution in [0.3, 0.4) is 0 Å². The van der Waals surface area contributed by atoms with Crippen LogP contribution >= 0.6 is 22.9 Å². The Labute approximate surface area is 91.8 Å². The summed E-state index contributed by atoms with van der Waals surface area (Å²) in [5, 5.41) is 8.23. The molecule has 0 aromatic carbocycles. The fraction of sp³-hybridized carbons (Fsp3) is 0.750. The van der Waals surface area contributed by atoms with Gasteiger partial charge in [0.2, 0.25) is 0 Å². The van der Waals surface area contributed by atoms with Gasteiger partial charge in [0.1, 0.15) is 0 Å². The predicted octanol–water partition coefficient (Wildman–Crippen LogP) is 0.956. The van der Waals surface area contributed by atoms with Crippen LogP contribution in [0.2, 0.25) is 0 Å². The summed E-state index contributed by atoms with van der Waals surface area (Å²) in [6, 6.07) is 0. The summed E-state index contributed by atoms with van der Waals surface area (Å²) in [5.74, 6) is 0. The highest BCUT2D eigenvalue weighted by atomic mass is 127. The molecular formula is C8H13IN4. The molecule has 13 heavy (non-hydrogen) atoms. The molecule has 0 fully saturated rings. The number of aromatic nitrogens is 3. The fourth-order valence-electron chi connectivity index (χ4n) is 1.68. The molecule has 0 N–H and O–H groups in total. The van der Waals surface area contributed by atoms with E-state index in [4.69, 9.17) is 0 Å². The second kappa shape index (κ2) is 3.91. The zero-order chi connectivity index (χ0) is 9.26. The molecule has 0 amide bonds. The van der Waals surface area contributed by atoms with E-state index < -0.39 is 0 Å². The van der Waals surface area contributed by atoms with E-state index in [2.05, 4.69) is 36.3 Å². The number of nitrogens with zero attached hydrogens (tertiary/aromatic N) is 4. The molecule has 1 aliphatic heterocycles. The highest BCUT2D eigenvalue weighted by Crippen LogP contribution is 2.14. The van der Waals surface area contributed by atoms with Crippen molar-refractivity contribution in [2.24, 2.45) is 7.05 Å². The molecule has 0 unspecified atom stereocenters. The lowest BCUT2D eigenvalue weighted by Crippen LogP contribution is -2.20. The van der Waals surface area contributed by atoms with Crippen molar-refractivity contribution >= 4 is 22.9 Å². The van der Waals surface area contributed by atoms with Gasteiger partial charge in [-0.1, -0.05) is 5.21 Å². The van der Waals surface area contributed by atoms with E-state index in [0.717, 1.165) is 19.4 Å². The van der Waals surface area contributed by atoms with Gasteiger partial charge in [0.15, 0.2) is 0 Å². The molecule has 0 spiro atoms. The van der Waals surface area contributed by atoms with Gasteiger partial charge in [-0.3, -0.25) is 4.68 Å². The average Bonchev–Trinajstić information content (AvgIpc) is 2.41. The number of halogens is 1. The first-order valence-electron chi connectivity index (χ1n) is 4.55. The van der Waals surface area contributed by atoms with Crippen LogP contribution in [-0.4, -0.2) is 31.2 Å². The molecule has 0 saturated heterocycles. The van der Waals surface area contributed by atoms with Crippen LogP contribution in [0.4, 0.5) is 0 Å². The first kappa shape index (κ1) is 9.39. The van der Waals surface area contributed by atoms with Gasteiger partial charge < -0.3 is 0 Å². The summed E-state index contributed by atoms with van der Waals surface area (Å²) in [6.45, 7) is 2.26. The van der Waals surface area contributed by atoms with E-state index in [1.807, 2.05) is 11.7 Å². The SMILES string of the molecule is Cn1nnc2c1CCCN(I)CC2. The zero-order valence-corrected chi connectivity index (χ0v) is 9.86. The molecule has 0 atom stereocenters. The van der Waals surface area contributed by atoms with Crippen molar-refractivity contribution in [3.8, 4) is 0 Å². The van der Waals surface area contributed by atoms with E-state index in [9.17, 15) is 0 Å². The first-order chi connectivity index (χ1) is 6.27. The summed E-state index contributed by atoms with van der Waals surface area (Å²) in [7, 11) is 1.98.